The van der Waals surface area contributed by atoms with E-state index < -0.39 is 34.9 Å². The molecule has 5 rings (SSSR count). The maximum Gasteiger partial charge on any atom is 0.417 e. The number of fused-ring (bicyclic) bond motifs is 5. The minimum atomic E-state index is -4.80. The van der Waals surface area contributed by atoms with Crippen LogP contribution in [-0.4, -0.2) is 31.6 Å². The molecule has 1 saturated heterocycles. The van der Waals surface area contributed by atoms with Crippen molar-refractivity contribution < 1.29 is 23.1 Å². The van der Waals surface area contributed by atoms with E-state index in [0.29, 0.717) is 18.1 Å². The highest BCUT2D eigenvalue weighted by atomic mass is 19.4. The molecular weight excluding hydrogens is 425 g/mol. The monoisotopic (exact) mass is 440 g/mol. The Morgan fingerprint density at radius 2 is 1.88 bits per heavy atom. The van der Waals surface area contributed by atoms with E-state index >= 15 is 0 Å². The third kappa shape index (κ3) is 2.74. The van der Waals surface area contributed by atoms with Crippen molar-refractivity contribution in [3.8, 4) is 17.6 Å². The van der Waals surface area contributed by atoms with Gasteiger partial charge in [-0.15, -0.1) is 0 Å². The van der Waals surface area contributed by atoms with Gasteiger partial charge in [0.2, 0.25) is 5.88 Å². The molecule has 32 heavy (non-hydrogen) atoms. The van der Waals surface area contributed by atoms with E-state index in [0.717, 1.165) is 10.6 Å². The van der Waals surface area contributed by atoms with Gasteiger partial charge in [0.25, 0.3) is 5.91 Å². The van der Waals surface area contributed by atoms with Gasteiger partial charge < -0.3 is 10.0 Å². The molecule has 0 aliphatic carbocycles. The van der Waals surface area contributed by atoms with Gasteiger partial charge in [-0.3, -0.25) is 9.36 Å². The van der Waals surface area contributed by atoms with Gasteiger partial charge in [0.15, 0.2) is 0 Å². The summed E-state index contributed by atoms with van der Waals surface area (Å²) in [5.74, 6) is -0.757. The molecule has 3 aromatic rings. The number of aromatic nitrogens is 2. The number of amides is 1. The standard InChI is InChI=1S/C22H15F3N4O3/c23-22(24,25)16-8-14(7-6-13(16)10-26)29-20(31)18-17-9-15(28(18)21(29)32)11-27(17)19(30)12-4-2-1-3-5-12/h1-8,15,17,31H,9,11H2/t15-,17-/m1/s1. The fourth-order valence-corrected chi connectivity index (χ4v) is 4.65. The molecule has 7 nitrogen and oxygen atoms in total. The van der Waals surface area contributed by atoms with Crippen LogP contribution in [0.5, 0.6) is 5.88 Å². The van der Waals surface area contributed by atoms with E-state index in [-0.39, 0.29) is 29.9 Å². The van der Waals surface area contributed by atoms with Crippen LogP contribution in [-0.2, 0) is 6.18 Å². The average Bonchev–Trinajstić information content (AvgIpc) is 3.44. The lowest BCUT2D eigenvalue weighted by atomic mass is 10.1. The zero-order valence-corrected chi connectivity index (χ0v) is 16.4. The van der Waals surface area contributed by atoms with Gasteiger partial charge in [-0.1, -0.05) is 18.2 Å². The smallest absolute Gasteiger partial charge is 0.417 e. The molecule has 2 aliphatic rings. The number of likely N-dealkylation sites (tertiary alicyclic amines) is 1. The highest BCUT2D eigenvalue weighted by Crippen LogP contribution is 2.49. The van der Waals surface area contributed by atoms with Crippen molar-refractivity contribution in [2.24, 2.45) is 0 Å². The van der Waals surface area contributed by atoms with E-state index in [2.05, 4.69) is 0 Å². The summed E-state index contributed by atoms with van der Waals surface area (Å²) in [7, 11) is 0. The number of carbonyl (C=O) groups is 1. The third-order valence-electron chi connectivity index (χ3n) is 6.03. The third-order valence-corrected chi connectivity index (χ3v) is 6.03. The summed E-state index contributed by atoms with van der Waals surface area (Å²) >= 11 is 0. The van der Waals surface area contributed by atoms with Crippen LogP contribution >= 0.6 is 0 Å². The number of rotatable bonds is 2. The number of hydrogen-bond acceptors (Lipinski definition) is 4. The van der Waals surface area contributed by atoms with Crippen LogP contribution in [0.15, 0.2) is 53.3 Å². The lowest BCUT2D eigenvalue weighted by molar-refractivity contribution is -0.137. The van der Waals surface area contributed by atoms with Crippen LogP contribution in [0.1, 0.15) is 45.7 Å². The lowest BCUT2D eigenvalue weighted by Crippen LogP contribution is -2.37. The Morgan fingerprint density at radius 1 is 1.16 bits per heavy atom. The number of halogens is 3. The van der Waals surface area contributed by atoms with Crippen LogP contribution in [0.25, 0.3) is 5.69 Å². The summed E-state index contributed by atoms with van der Waals surface area (Å²) in [6, 6.07) is 11.9. The predicted octanol–water partition coefficient (Wildman–Crippen LogP) is 3.38. The quantitative estimate of drug-likeness (QED) is 0.662. The normalized spacial score (nSPS) is 19.1. The molecule has 1 aromatic heterocycles. The zero-order valence-electron chi connectivity index (χ0n) is 16.4. The van der Waals surface area contributed by atoms with Crippen LogP contribution in [0.2, 0.25) is 0 Å². The number of hydrogen-bond donors (Lipinski definition) is 1. The number of nitrogens with zero attached hydrogens (tertiary/aromatic N) is 4. The minimum Gasteiger partial charge on any atom is -0.493 e. The predicted molar refractivity (Wildman–Crippen MR) is 105 cm³/mol. The first-order valence-electron chi connectivity index (χ1n) is 9.76. The second kappa shape index (κ2) is 6.75. The Bertz CT molecular complexity index is 1350. The summed E-state index contributed by atoms with van der Waals surface area (Å²) in [6.45, 7) is 0.260. The number of imidazole rings is 1. The second-order valence-corrected chi connectivity index (χ2v) is 7.77. The van der Waals surface area contributed by atoms with Crippen LogP contribution in [0, 0.1) is 11.3 Å². The minimum absolute atomic E-state index is 0.202. The summed E-state index contributed by atoms with van der Waals surface area (Å²) in [5, 5.41) is 19.8. The van der Waals surface area contributed by atoms with Gasteiger partial charge in [-0.05, 0) is 36.8 Å². The molecule has 2 aliphatic heterocycles. The van der Waals surface area contributed by atoms with Crippen molar-refractivity contribution in [2.75, 3.05) is 6.54 Å². The molecule has 0 spiro atoms. The molecule has 2 aromatic carbocycles. The first-order chi connectivity index (χ1) is 15.2. The number of carbonyl (C=O) groups excluding carboxylic acids is 1. The molecule has 0 saturated carbocycles. The fourth-order valence-electron chi connectivity index (χ4n) is 4.65. The Balaban J connectivity index is 1.59. The Labute approximate surface area is 179 Å². The fraction of sp³-hybridized carbons (Fsp3) is 0.227. The number of aromatic hydroxyl groups is 1. The van der Waals surface area contributed by atoms with Crippen molar-refractivity contribution in [3.05, 3.63) is 81.4 Å². The van der Waals surface area contributed by atoms with Crippen LogP contribution in [0.4, 0.5) is 13.2 Å². The molecule has 2 atom stereocenters. The topological polar surface area (TPSA) is 91.3 Å². The molecular formula is C22H15F3N4O3. The molecule has 0 radical (unpaired) electrons. The van der Waals surface area contributed by atoms with Gasteiger partial charge in [-0.25, -0.2) is 9.36 Å². The molecule has 3 heterocycles. The number of benzene rings is 2. The first-order valence-corrected chi connectivity index (χ1v) is 9.76. The summed E-state index contributed by atoms with van der Waals surface area (Å²) in [4.78, 5) is 27.6. The molecule has 1 N–H and O–H groups in total. The Morgan fingerprint density at radius 3 is 2.53 bits per heavy atom. The SMILES string of the molecule is N#Cc1ccc(-n2c(O)c3n(c2=O)[C@@H]2C[C@H]3N(C(=O)c3ccccc3)C2)cc1C(F)(F)F. The number of nitriles is 1. The van der Waals surface area contributed by atoms with E-state index in [1.54, 1.807) is 35.2 Å². The lowest BCUT2D eigenvalue weighted by Gasteiger charge is -2.27. The van der Waals surface area contributed by atoms with E-state index in [1.807, 2.05) is 0 Å². The summed E-state index contributed by atoms with van der Waals surface area (Å²) < 4.78 is 42.3. The largest absolute Gasteiger partial charge is 0.493 e. The van der Waals surface area contributed by atoms with Crippen molar-refractivity contribution in [1.82, 2.24) is 14.0 Å². The maximum atomic E-state index is 13.4. The molecule has 2 bridgehead atoms. The van der Waals surface area contributed by atoms with Gasteiger partial charge >= 0.3 is 11.9 Å². The van der Waals surface area contributed by atoms with Crippen LogP contribution < -0.4 is 5.69 Å². The summed E-state index contributed by atoms with van der Waals surface area (Å²) in [5.41, 5.74) is -2.00. The van der Waals surface area contributed by atoms with Crippen molar-refractivity contribution in [2.45, 2.75) is 24.7 Å². The first kappa shape index (κ1) is 19.9. The van der Waals surface area contributed by atoms with Crippen molar-refractivity contribution >= 4 is 5.91 Å². The van der Waals surface area contributed by atoms with Gasteiger partial charge in [0.1, 0.15) is 5.69 Å². The van der Waals surface area contributed by atoms with Gasteiger partial charge in [0.05, 0.1) is 35.0 Å². The van der Waals surface area contributed by atoms with Gasteiger partial charge in [0, 0.05) is 12.1 Å². The summed E-state index contributed by atoms with van der Waals surface area (Å²) in [6.07, 6.45) is -4.36. The average molecular weight is 440 g/mol. The highest BCUT2D eigenvalue weighted by molar-refractivity contribution is 5.94. The maximum absolute atomic E-state index is 13.4. The molecule has 1 fully saturated rings. The number of alkyl halides is 3. The molecule has 0 unspecified atom stereocenters. The Hall–Kier alpha value is -4.00. The van der Waals surface area contributed by atoms with E-state index in [4.69, 9.17) is 5.26 Å². The van der Waals surface area contributed by atoms with Crippen LogP contribution in [0.3, 0.4) is 0 Å². The zero-order chi connectivity index (χ0) is 22.8. The van der Waals surface area contributed by atoms with E-state index in [1.165, 1.54) is 16.7 Å². The van der Waals surface area contributed by atoms with Crippen molar-refractivity contribution in [1.29, 1.82) is 5.26 Å². The molecule has 162 valence electrons. The molecule has 1 amide bonds. The van der Waals surface area contributed by atoms with Crippen molar-refractivity contribution in [3.63, 3.8) is 0 Å². The van der Waals surface area contributed by atoms with E-state index in [9.17, 15) is 27.9 Å². The second-order valence-electron chi connectivity index (χ2n) is 7.77. The van der Waals surface area contributed by atoms with Gasteiger partial charge in [-0.2, -0.15) is 18.4 Å². The molecule has 10 heteroatoms. The highest BCUT2D eigenvalue weighted by Gasteiger charge is 2.49. The Kier molecular flexibility index (Phi) is 4.20.